The van der Waals surface area contributed by atoms with Crippen LogP contribution in [0.5, 0.6) is 0 Å². The molecule has 0 aromatic heterocycles. The summed E-state index contributed by atoms with van der Waals surface area (Å²) >= 11 is 0. The number of fused-ring (bicyclic) bond motifs is 1. The van der Waals surface area contributed by atoms with Crippen LogP contribution in [0.15, 0.2) is 11.1 Å². The van der Waals surface area contributed by atoms with Crippen molar-refractivity contribution >= 4 is 0 Å². The van der Waals surface area contributed by atoms with E-state index in [1.807, 2.05) is 5.57 Å². The second kappa shape index (κ2) is 2.11. The molecule has 0 nitrogen and oxygen atoms in total. The van der Waals surface area contributed by atoms with Crippen LogP contribution in [0.3, 0.4) is 0 Å². The largest absolute Gasteiger partial charge is 0.0766 e. The summed E-state index contributed by atoms with van der Waals surface area (Å²) in [4.78, 5) is 0. The van der Waals surface area contributed by atoms with E-state index in [4.69, 9.17) is 0 Å². The Balaban J connectivity index is 2.13. The minimum absolute atomic E-state index is 1.04. The zero-order valence-corrected chi connectivity index (χ0v) is 6.98. The summed E-state index contributed by atoms with van der Waals surface area (Å²) in [5.41, 5.74) is 3.43. The highest BCUT2D eigenvalue weighted by atomic mass is 14.5. The number of hydrogen-bond donors (Lipinski definition) is 0. The molecular weight excluding hydrogens is 120 g/mol. The molecule has 56 valence electrons. The average molecular weight is 136 g/mol. The summed E-state index contributed by atoms with van der Waals surface area (Å²) in [7, 11) is 0. The minimum atomic E-state index is 1.04. The van der Waals surface area contributed by atoms with E-state index in [1.54, 1.807) is 5.57 Å². The first-order valence-electron chi connectivity index (χ1n) is 4.48. The first-order valence-corrected chi connectivity index (χ1v) is 4.48. The molecule has 0 bridgehead atoms. The molecule has 0 N–H and O–H groups in total. The van der Waals surface area contributed by atoms with Gasteiger partial charge >= 0.3 is 0 Å². The van der Waals surface area contributed by atoms with Crippen LogP contribution in [0.4, 0.5) is 0 Å². The maximum Gasteiger partial charge on any atom is -0.0132 e. The highest BCUT2D eigenvalue weighted by Crippen LogP contribution is 2.56. The van der Waals surface area contributed by atoms with Gasteiger partial charge in [0.1, 0.15) is 0 Å². The Morgan fingerprint density at radius 3 is 2.00 bits per heavy atom. The molecule has 2 rings (SSSR count). The Morgan fingerprint density at radius 1 is 1.10 bits per heavy atom. The lowest BCUT2D eigenvalue weighted by Crippen LogP contribution is -1.91. The van der Waals surface area contributed by atoms with E-state index >= 15 is 0 Å². The molecule has 10 heavy (non-hydrogen) atoms. The molecule has 0 unspecified atom stereocenters. The quantitative estimate of drug-likeness (QED) is 0.449. The van der Waals surface area contributed by atoms with Crippen molar-refractivity contribution in [1.82, 2.24) is 0 Å². The lowest BCUT2D eigenvalue weighted by molar-refractivity contribution is 0.480. The summed E-state index contributed by atoms with van der Waals surface area (Å²) in [5.74, 6) is 2.08. The van der Waals surface area contributed by atoms with Crippen LogP contribution in [0.1, 0.15) is 39.5 Å². The normalized spacial score (nSPS) is 37.2. The van der Waals surface area contributed by atoms with E-state index in [9.17, 15) is 0 Å². The SMILES string of the molecule is CC(C)=C1[C@@H]2CCCC[C@@H]12. The lowest BCUT2D eigenvalue weighted by Gasteiger charge is -2.04. The maximum atomic E-state index is 2.27. The molecule has 2 fully saturated rings. The molecule has 2 atom stereocenters. The molecule has 0 radical (unpaired) electrons. The van der Waals surface area contributed by atoms with Crippen LogP contribution < -0.4 is 0 Å². The molecule has 0 heterocycles. The zero-order chi connectivity index (χ0) is 7.14. The van der Waals surface area contributed by atoms with Gasteiger partial charge in [-0.05, 0) is 38.5 Å². The summed E-state index contributed by atoms with van der Waals surface area (Å²) < 4.78 is 0. The summed E-state index contributed by atoms with van der Waals surface area (Å²) in [6, 6.07) is 0. The minimum Gasteiger partial charge on any atom is -0.0766 e. The van der Waals surface area contributed by atoms with Crippen molar-refractivity contribution in [1.29, 1.82) is 0 Å². The van der Waals surface area contributed by atoms with E-state index in [-0.39, 0.29) is 0 Å². The van der Waals surface area contributed by atoms with Crippen LogP contribution in [0.25, 0.3) is 0 Å². The Hall–Kier alpha value is -0.260. The van der Waals surface area contributed by atoms with Crippen molar-refractivity contribution in [3.63, 3.8) is 0 Å². The van der Waals surface area contributed by atoms with E-state index in [0.717, 1.165) is 11.8 Å². The average Bonchev–Trinajstić information content (AvgIpc) is 2.60. The van der Waals surface area contributed by atoms with Crippen LogP contribution in [0.2, 0.25) is 0 Å². The number of allylic oxidation sites excluding steroid dienone is 2. The van der Waals surface area contributed by atoms with Crippen molar-refractivity contribution in [2.45, 2.75) is 39.5 Å². The van der Waals surface area contributed by atoms with Crippen LogP contribution in [0, 0.1) is 11.8 Å². The van der Waals surface area contributed by atoms with Crippen molar-refractivity contribution in [3.05, 3.63) is 11.1 Å². The van der Waals surface area contributed by atoms with Gasteiger partial charge in [0.2, 0.25) is 0 Å². The number of hydrogen-bond acceptors (Lipinski definition) is 0. The third-order valence-electron chi connectivity index (χ3n) is 3.03. The highest BCUT2D eigenvalue weighted by molar-refractivity contribution is 5.34. The molecule has 2 aliphatic carbocycles. The molecule has 0 aliphatic heterocycles. The van der Waals surface area contributed by atoms with E-state index < -0.39 is 0 Å². The lowest BCUT2D eigenvalue weighted by atomic mass is 10.0. The molecule has 2 aliphatic rings. The third kappa shape index (κ3) is 0.817. The first-order chi connectivity index (χ1) is 4.80. The number of rotatable bonds is 0. The zero-order valence-electron chi connectivity index (χ0n) is 6.98. The smallest absolute Gasteiger partial charge is 0.0132 e. The Kier molecular flexibility index (Phi) is 1.36. The fourth-order valence-electron chi connectivity index (χ4n) is 2.56. The van der Waals surface area contributed by atoms with Crippen molar-refractivity contribution < 1.29 is 0 Å². The van der Waals surface area contributed by atoms with Gasteiger partial charge in [0.15, 0.2) is 0 Å². The van der Waals surface area contributed by atoms with Gasteiger partial charge in [0, 0.05) is 0 Å². The molecule has 0 aromatic rings. The van der Waals surface area contributed by atoms with Gasteiger partial charge in [-0.15, -0.1) is 0 Å². The second-order valence-electron chi connectivity index (χ2n) is 3.95. The molecule has 0 spiro atoms. The van der Waals surface area contributed by atoms with Crippen LogP contribution >= 0.6 is 0 Å². The van der Waals surface area contributed by atoms with E-state index in [2.05, 4.69) is 13.8 Å². The fourth-order valence-corrected chi connectivity index (χ4v) is 2.56. The van der Waals surface area contributed by atoms with Gasteiger partial charge in [-0.2, -0.15) is 0 Å². The van der Waals surface area contributed by atoms with Crippen molar-refractivity contribution in [3.8, 4) is 0 Å². The summed E-state index contributed by atoms with van der Waals surface area (Å²) in [6.45, 7) is 4.54. The Morgan fingerprint density at radius 2 is 1.60 bits per heavy atom. The first kappa shape index (κ1) is 6.45. The van der Waals surface area contributed by atoms with Gasteiger partial charge in [0.05, 0.1) is 0 Å². The molecule has 0 heteroatoms. The second-order valence-corrected chi connectivity index (χ2v) is 3.95. The molecule has 0 saturated heterocycles. The van der Waals surface area contributed by atoms with Gasteiger partial charge in [-0.1, -0.05) is 24.0 Å². The molecule has 0 aromatic carbocycles. The van der Waals surface area contributed by atoms with Crippen molar-refractivity contribution in [2.75, 3.05) is 0 Å². The molecule has 2 saturated carbocycles. The topological polar surface area (TPSA) is 0 Å². The van der Waals surface area contributed by atoms with Gasteiger partial charge in [-0.25, -0.2) is 0 Å². The van der Waals surface area contributed by atoms with E-state index in [1.165, 1.54) is 25.7 Å². The van der Waals surface area contributed by atoms with Gasteiger partial charge in [0.25, 0.3) is 0 Å². The predicted octanol–water partition coefficient (Wildman–Crippen LogP) is 3.14. The van der Waals surface area contributed by atoms with Gasteiger partial charge < -0.3 is 0 Å². The predicted molar refractivity (Wildman–Crippen MR) is 43.8 cm³/mol. The van der Waals surface area contributed by atoms with Gasteiger partial charge in [-0.3, -0.25) is 0 Å². The fraction of sp³-hybridized carbons (Fsp3) is 0.800. The highest BCUT2D eigenvalue weighted by Gasteiger charge is 2.44. The third-order valence-corrected chi connectivity index (χ3v) is 3.03. The van der Waals surface area contributed by atoms with Crippen molar-refractivity contribution in [2.24, 2.45) is 11.8 Å². The van der Waals surface area contributed by atoms with Crippen LogP contribution in [-0.4, -0.2) is 0 Å². The maximum absolute atomic E-state index is 2.27. The summed E-state index contributed by atoms with van der Waals surface area (Å²) in [5, 5.41) is 0. The van der Waals surface area contributed by atoms with E-state index in [0.29, 0.717) is 0 Å². The molecule has 0 amide bonds. The molecular formula is C10H16. The van der Waals surface area contributed by atoms with Crippen LogP contribution in [-0.2, 0) is 0 Å². The monoisotopic (exact) mass is 136 g/mol. The summed E-state index contributed by atoms with van der Waals surface area (Å²) in [6.07, 6.45) is 5.95. The Labute approximate surface area is 63.3 Å². The standard InChI is InChI=1S/C10H16/c1-7(2)10-8-5-3-4-6-9(8)10/h8-9H,3-6H2,1-2H3/t8-,9-/m1/s1. The Bertz CT molecular complexity index is 158.